The van der Waals surface area contributed by atoms with Gasteiger partial charge >= 0.3 is 12.1 Å². The molecule has 14 heteroatoms. The molecule has 1 amide bonds. The molecular weight excluding hydrogens is 602 g/mol. The van der Waals surface area contributed by atoms with Crippen molar-refractivity contribution in [2.24, 2.45) is 0 Å². The summed E-state index contributed by atoms with van der Waals surface area (Å²) in [6.45, 7) is 7.65. The van der Waals surface area contributed by atoms with E-state index in [-0.39, 0.29) is 11.3 Å². The van der Waals surface area contributed by atoms with Crippen LogP contribution in [0.4, 0.5) is 4.79 Å². The first-order chi connectivity index (χ1) is 20.0. The summed E-state index contributed by atoms with van der Waals surface area (Å²) in [7, 11) is -3.18. The summed E-state index contributed by atoms with van der Waals surface area (Å²) in [5.74, 6) is -0.891. The lowest BCUT2D eigenvalue weighted by atomic mass is 9.90. The normalized spacial score (nSPS) is 24.1. The molecule has 43 heavy (non-hydrogen) atoms. The van der Waals surface area contributed by atoms with Gasteiger partial charge in [-0.2, -0.15) is 8.42 Å². The highest BCUT2D eigenvalue weighted by molar-refractivity contribution is 8.01. The number of carbonyl (C=O) groups excluding carboxylic acids is 2. The Morgan fingerprint density at radius 1 is 1.07 bits per heavy atom. The number of benzene rings is 2. The number of hydrogen-bond acceptors (Lipinski definition) is 12. The Morgan fingerprint density at radius 3 is 2.16 bits per heavy atom. The third kappa shape index (κ3) is 9.14. The molecule has 0 aliphatic carbocycles. The average molecular weight is 642 g/mol. The van der Waals surface area contributed by atoms with Crippen LogP contribution < -0.4 is 5.32 Å². The summed E-state index contributed by atoms with van der Waals surface area (Å²) in [6.07, 6.45) is -8.38. The fourth-order valence-electron chi connectivity index (χ4n) is 4.31. The molecule has 6 atom stereocenters. The summed E-state index contributed by atoms with van der Waals surface area (Å²) < 4.78 is 46.8. The smallest absolute Gasteiger partial charge is 0.408 e. The second-order valence-electron chi connectivity index (χ2n) is 11.3. The lowest BCUT2D eigenvalue weighted by Crippen LogP contribution is -2.67. The van der Waals surface area contributed by atoms with Gasteiger partial charge in [0.15, 0.2) is 0 Å². The quantitative estimate of drug-likeness (QED) is 0.220. The van der Waals surface area contributed by atoms with Gasteiger partial charge in [-0.05, 0) is 58.9 Å². The molecule has 0 saturated carbocycles. The van der Waals surface area contributed by atoms with E-state index in [9.17, 15) is 33.3 Å². The topological polar surface area (TPSA) is 178 Å². The first-order valence-electron chi connectivity index (χ1n) is 13.5. The van der Waals surface area contributed by atoms with Crippen LogP contribution in [0.5, 0.6) is 0 Å². The standard InChI is InChI=1S/C29H39NO11S2/c1-17-7-11-19(12-8-17)42-29(26(34)38-6)15-21(31)23(30-27(35)41-28(3,4)5)25(40-29)24(33)22(32)16-39-43(36,37)20-13-9-18(2)10-14-20/h7-14,21-25,31-33H,15-16H2,1-6H3,(H,30,35)/t21-,22+,23+,24+,25+,29-/m0/s1. The number of nitrogens with one attached hydrogen (secondary N) is 1. The van der Waals surface area contributed by atoms with Gasteiger partial charge in [0, 0.05) is 11.3 Å². The number of esters is 1. The van der Waals surface area contributed by atoms with Crippen LogP contribution in [0, 0.1) is 13.8 Å². The van der Waals surface area contributed by atoms with Gasteiger partial charge in [-0.1, -0.05) is 47.2 Å². The Kier molecular flexibility index (Phi) is 11.3. The average Bonchev–Trinajstić information content (AvgIpc) is 2.92. The molecule has 1 heterocycles. The Balaban J connectivity index is 1.92. The van der Waals surface area contributed by atoms with E-state index in [1.807, 2.05) is 6.92 Å². The fraction of sp³-hybridized carbons (Fsp3) is 0.517. The lowest BCUT2D eigenvalue weighted by molar-refractivity contribution is -0.205. The van der Waals surface area contributed by atoms with Crippen molar-refractivity contribution in [3.8, 4) is 0 Å². The van der Waals surface area contributed by atoms with E-state index in [1.54, 1.807) is 64.1 Å². The molecule has 12 nitrogen and oxygen atoms in total. The highest BCUT2D eigenvalue weighted by atomic mass is 32.2. The van der Waals surface area contributed by atoms with Gasteiger partial charge in [0.05, 0.1) is 30.8 Å². The van der Waals surface area contributed by atoms with Gasteiger partial charge in [-0.25, -0.2) is 9.59 Å². The third-order valence-corrected chi connectivity index (χ3v) is 9.05. The predicted octanol–water partition coefficient (Wildman–Crippen LogP) is 2.44. The van der Waals surface area contributed by atoms with Gasteiger partial charge in [-0.3, -0.25) is 4.18 Å². The second-order valence-corrected chi connectivity index (χ2v) is 14.2. The maximum atomic E-state index is 13.2. The van der Waals surface area contributed by atoms with E-state index in [4.69, 9.17) is 18.4 Å². The van der Waals surface area contributed by atoms with E-state index in [0.29, 0.717) is 4.90 Å². The fourth-order valence-corrected chi connectivity index (χ4v) is 6.46. The van der Waals surface area contributed by atoms with Crippen LogP contribution in [-0.4, -0.2) is 90.5 Å². The summed E-state index contributed by atoms with van der Waals surface area (Å²) >= 11 is 0.916. The number of ether oxygens (including phenoxy) is 3. The van der Waals surface area contributed by atoms with Crippen molar-refractivity contribution < 1.29 is 51.7 Å². The number of thioether (sulfide) groups is 1. The van der Waals surface area contributed by atoms with Crippen LogP contribution in [0.2, 0.25) is 0 Å². The van der Waals surface area contributed by atoms with Crippen LogP contribution in [0.15, 0.2) is 58.3 Å². The van der Waals surface area contributed by atoms with Gasteiger partial charge in [0.2, 0.25) is 4.93 Å². The van der Waals surface area contributed by atoms with Gasteiger partial charge < -0.3 is 34.8 Å². The molecule has 4 N–H and O–H groups in total. The summed E-state index contributed by atoms with van der Waals surface area (Å²) in [5.41, 5.74) is 0.871. The van der Waals surface area contributed by atoms with Crippen molar-refractivity contribution in [2.75, 3.05) is 13.7 Å². The Labute approximate surface area is 255 Å². The molecule has 0 aromatic heterocycles. The van der Waals surface area contributed by atoms with Crippen LogP contribution in [0.3, 0.4) is 0 Å². The minimum atomic E-state index is -4.31. The number of alkyl carbamates (subject to hydrolysis) is 1. The molecule has 1 saturated heterocycles. The Morgan fingerprint density at radius 2 is 1.63 bits per heavy atom. The molecule has 2 aromatic carbocycles. The second kappa shape index (κ2) is 13.9. The minimum absolute atomic E-state index is 0.159. The van der Waals surface area contributed by atoms with Crippen LogP contribution in [0.25, 0.3) is 0 Å². The number of carbonyl (C=O) groups is 2. The molecule has 0 spiro atoms. The van der Waals surface area contributed by atoms with Crippen LogP contribution >= 0.6 is 11.8 Å². The number of rotatable bonds is 10. The van der Waals surface area contributed by atoms with Crippen molar-refractivity contribution in [1.29, 1.82) is 0 Å². The molecule has 0 unspecified atom stereocenters. The predicted molar refractivity (Wildman–Crippen MR) is 157 cm³/mol. The number of methoxy groups -OCH3 is 1. The summed E-state index contributed by atoms with van der Waals surface area (Å²) in [4.78, 5) is 24.3. The number of amides is 1. The number of aliphatic hydroxyl groups is 3. The number of aliphatic hydroxyl groups excluding tert-OH is 3. The molecule has 1 fully saturated rings. The van der Waals surface area contributed by atoms with Crippen molar-refractivity contribution >= 4 is 33.9 Å². The zero-order chi connectivity index (χ0) is 32.2. The van der Waals surface area contributed by atoms with Gasteiger partial charge in [-0.15, -0.1) is 0 Å². The third-order valence-electron chi connectivity index (χ3n) is 6.49. The molecule has 2 aromatic rings. The summed E-state index contributed by atoms with van der Waals surface area (Å²) in [6, 6.07) is 11.5. The van der Waals surface area contributed by atoms with Gasteiger partial charge in [0.25, 0.3) is 10.1 Å². The highest BCUT2D eigenvalue weighted by Gasteiger charge is 2.56. The SMILES string of the molecule is COC(=O)[C@@]1(Sc2ccc(C)cc2)C[C@H](O)[C@@H](NC(=O)OC(C)(C)C)[C@H]([C@H](O)[C@H](O)COS(=O)(=O)c2ccc(C)cc2)O1. The maximum Gasteiger partial charge on any atom is 0.408 e. The molecule has 1 aliphatic heterocycles. The Bertz CT molecular complexity index is 1360. The molecule has 0 bridgehead atoms. The van der Waals surface area contributed by atoms with Crippen molar-refractivity contribution in [2.45, 2.75) is 91.8 Å². The monoisotopic (exact) mass is 641 g/mol. The number of aryl methyl sites for hydroxylation is 2. The highest BCUT2D eigenvalue weighted by Crippen LogP contribution is 2.44. The summed E-state index contributed by atoms with van der Waals surface area (Å²) in [5, 5.41) is 35.8. The van der Waals surface area contributed by atoms with Gasteiger partial charge in [0.1, 0.15) is 23.9 Å². The zero-order valence-electron chi connectivity index (χ0n) is 24.8. The minimum Gasteiger partial charge on any atom is -0.466 e. The molecule has 238 valence electrons. The molecule has 3 rings (SSSR count). The lowest BCUT2D eigenvalue weighted by Gasteiger charge is -2.47. The van der Waals surface area contributed by atoms with Crippen LogP contribution in [0.1, 0.15) is 38.3 Å². The van der Waals surface area contributed by atoms with Crippen molar-refractivity contribution in [3.63, 3.8) is 0 Å². The van der Waals surface area contributed by atoms with Crippen molar-refractivity contribution in [3.05, 3.63) is 59.7 Å². The molecule has 0 radical (unpaired) electrons. The molecular formula is C29H39NO11S2. The van der Waals surface area contributed by atoms with E-state index >= 15 is 0 Å². The van der Waals surface area contributed by atoms with E-state index in [2.05, 4.69) is 5.32 Å². The first kappa shape index (κ1) is 34.8. The Hall–Kier alpha value is -2.72. The molecule has 1 aliphatic rings. The van der Waals surface area contributed by atoms with E-state index in [0.717, 1.165) is 30.0 Å². The largest absolute Gasteiger partial charge is 0.466 e. The zero-order valence-corrected chi connectivity index (χ0v) is 26.5. The van der Waals surface area contributed by atoms with E-state index < -0.39 is 69.8 Å². The maximum absolute atomic E-state index is 13.2. The van der Waals surface area contributed by atoms with Crippen molar-refractivity contribution in [1.82, 2.24) is 5.32 Å². The van der Waals surface area contributed by atoms with E-state index in [1.165, 1.54) is 12.1 Å². The first-order valence-corrected chi connectivity index (χ1v) is 15.7. The number of hydrogen-bond donors (Lipinski definition) is 4. The van der Waals surface area contributed by atoms with Crippen LogP contribution in [-0.2, 0) is 33.3 Å².